The number of halogens is 10. The molecule has 6 fully saturated rings. The minimum atomic E-state index is -3.79. The standard InChI is InChI=1S/C22H30F2O6S.C18H26BFO5S.C16H21F2NO4S.C12H14BrFO3S.C12H15FO4S.C6H4BrFO2S/c1-22(2,3)30-21(25)7-4-17(13-23)14-29-18-5-6-20(19(24)12-18)31(26,27)15-16-8-10-28-11-9-16;1-17(2)18(3,4)25-19(24-17)14-5-6-16(15(20)11-14)26(21,22)12-13-7-9-23-10-8-13;17-8-13(9-19)10-23-14-1-2-16(15(18)7-14)24(20,21)11-12-3-5-22-6-4-12;13-10-1-2-12(11(14)7-10)18(15,16)8-9-3-5-17-6-4-9;13-11-7-10(14)1-2-12(11)18(15,16)8-9-3-5-17-6-4-9;7-4-1-2-6(11(9)10)5(8)3-4/h5-6,12-13,16H,4,7-11,14-15H2,1-3H3;5-6,11,13H,7-10,12H2,1-4H3;1-2,7-8,12H,3-6,9-11,19H2;1-2,7,9H,3-6,8H2;1-2,7,9,14H,3-6,8H2;1-3H,(H,9,10)/b17-13+;;13-8+;;;. The molecule has 6 aliphatic heterocycles. The van der Waals surface area contributed by atoms with Crippen LogP contribution >= 0.6 is 31.9 Å². The third-order valence-electron chi connectivity index (χ3n) is 21.3. The number of ether oxygens (including phenoxy) is 8. The maximum atomic E-state index is 14.6. The van der Waals surface area contributed by atoms with Gasteiger partial charge in [0.25, 0.3) is 0 Å². The summed E-state index contributed by atoms with van der Waals surface area (Å²) in [6.45, 7) is 18.0. The first-order chi connectivity index (χ1) is 60.1. The summed E-state index contributed by atoms with van der Waals surface area (Å²) in [7, 11) is -19.1. The van der Waals surface area contributed by atoms with Crippen LogP contribution in [0.3, 0.4) is 0 Å². The molecule has 12 rings (SSSR count). The number of esters is 1. The SMILES string of the molecule is CC(C)(C)OC(=O)CC/C(=C\F)COc1ccc(S(=O)(=O)CC2CCOCC2)c(F)c1.CC1(C)OB(c2ccc(S(=O)(=O)CC3CCOCC3)c(F)c2)OC1(C)C.NC/C(=C\F)COc1ccc(S(=O)(=O)CC2CCOCC2)c(F)c1.O=S(=O)(CC1CCOCC1)c1ccc(Br)cc1F.O=S(=O)(CC1CCOCC1)c1ccc(O)cc1F.O=S(O)c1ccc(Br)cc1F. The molecule has 6 aliphatic rings. The van der Waals surface area contributed by atoms with E-state index in [2.05, 4.69) is 31.9 Å². The Morgan fingerprint density at radius 1 is 0.461 bits per heavy atom. The highest BCUT2D eigenvalue weighted by molar-refractivity contribution is 9.10. The van der Waals surface area contributed by atoms with Crippen molar-refractivity contribution in [2.75, 3.05) is 115 Å². The molecule has 6 saturated heterocycles. The van der Waals surface area contributed by atoms with E-state index in [1.54, 1.807) is 32.9 Å². The van der Waals surface area contributed by atoms with Crippen molar-refractivity contribution < 1.29 is 143 Å². The van der Waals surface area contributed by atoms with Gasteiger partial charge in [0, 0.05) is 112 Å². The molecule has 712 valence electrons. The van der Waals surface area contributed by atoms with Crippen molar-refractivity contribution in [3.8, 4) is 17.2 Å². The lowest BCUT2D eigenvalue weighted by molar-refractivity contribution is -0.154. The first-order valence-corrected chi connectivity index (χ1v) is 52.0. The zero-order chi connectivity index (χ0) is 94.6. The molecule has 0 saturated carbocycles. The summed E-state index contributed by atoms with van der Waals surface area (Å²) < 4.78 is 306. The summed E-state index contributed by atoms with van der Waals surface area (Å²) in [6.07, 6.45) is 7.48. The van der Waals surface area contributed by atoms with Gasteiger partial charge in [-0.3, -0.25) is 4.79 Å². The van der Waals surface area contributed by atoms with E-state index in [0.717, 1.165) is 43.2 Å². The van der Waals surface area contributed by atoms with Crippen LogP contribution in [-0.4, -0.2) is 200 Å². The summed E-state index contributed by atoms with van der Waals surface area (Å²) in [5.74, 6) is -5.75. The number of rotatable bonds is 27. The Morgan fingerprint density at radius 3 is 1.07 bits per heavy atom. The minimum absolute atomic E-state index is 0.00505. The second-order valence-corrected chi connectivity index (χ2v) is 45.8. The van der Waals surface area contributed by atoms with Gasteiger partial charge >= 0.3 is 13.1 Å². The van der Waals surface area contributed by atoms with Gasteiger partial charge in [0.2, 0.25) is 0 Å². The normalized spacial score (nSPS) is 18.0. The van der Waals surface area contributed by atoms with Crippen LogP contribution in [0, 0.1) is 64.5 Å². The quantitative estimate of drug-likeness (QED) is 0.0187. The number of sulfone groups is 5. The molecule has 1 unspecified atom stereocenters. The van der Waals surface area contributed by atoms with Crippen molar-refractivity contribution in [3.63, 3.8) is 0 Å². The average molecular weight is 2060 g/mol. The van der Waals surface area contributed by atoms with E-state index >= 15 is 0 Å². The summed E-state index contributed by atoms with van der Waals surface area (Å²) >= 11 is 3.89. The Balaban J connectivity index is 0.000000215. The fraction of sp³-hybridized carbons (Fsp3) is 0.523. The molecule has 0 aliphatic carbocycles. The Bertz CT molecular complexity index is 5250. The van der Waals surface area contributed by atoms with Gasteiger partial charge in [-0.1, -0.05) is 37.9 Å². The van der Waals surface area contributed by atoms with Crippen LogP contribution < -0.4 is 20.7 Å². The summed E-state index contributed by atoms with van der Waals surface area (Å²) in [5, 5.41) is 9.07. The summed E-state index contributed by atoms with van der Waals surface area (Å²) in [4.78, 5) is 10.0. The van der Waals surface area contributed by atoms with E-state index < -0.39 is 125 Å². The monoisotopic (exact) mass is 2050 g/mol. The maximum absolute atomic E-state index is 14.6. The van der Waals surface area contributed by atoms with Crippen molar-refractivity contribution in [1.82, 2.24) is 0 Å². The topological polar surface area (TPSA) is 364 Å². The van der Waals surface area contributed by atoms with E-state index in [-0.39, 0.29) is 149 Å². The number of hydrogen-bond donors (Lipinski definition) is 3. The number of nitrogens with two attached hydrogens (primary N) is 1. The van der Waals surface area contributed by atoms with Gasteiger partial charge in [-0.25, -0.2) is 81.4 Å². The highest BCUT2D eigenvalue weighted by Gasteiger charge is 2.52. The predicted molar refractivity (Wildman–Crippen MR) is 472 cm³/mol. The second kappa shape index (κ2) is 50.1. The highest BCUT2D eigenvalue weighted by atomic mass is 79.9. The van der Waals surface area contributed by atoms with Crippen LogP contribution in [0.15, 0.2) is 171 Å². The van der Waals surface area contributed by atoms with Gasteiger partial charge in [-0.2, -0.15) is 0 Å². The number of carbonyl (C=O) groups is 1. The number of phenols is 1. The third kappa shape index (κ3) is 34.9. The minimum Gasteiger partial charge on any atom is -0.508 e. The Labute approximate surface area is 763 Å². The largest absolute Gasteiger partial charge is 0.508 e. The molecule has 4 N–H and O–H groups in total. The fourth-order valence-corrected chi connectivity index (χ4v) is 23.4. The number of phenolic OH excluding ortho intramolecular Hbond substituents is 1. The molecule has 128 heavy (non-hydrogen) atoms. The molecular formula is C86H110BBr2F8NO24S6. The lowest BCUT2D eigenvalue weighted by Gasteiger charge is -2.32. The second-order valence-electron chi connectivity index (χ2n) is 33.1. The molecular weight excluding hydrogens is 1950 g/mol. The zero-order valence-electron chi connectivity index (χ0n) is 71.9. The first kappa shape index (κ1) is 109. The smallest absolute Gasteiger partial charge is 0.494 e. The molecule has 1 atom stereocenters. The van der Waals surface area contributed by atoms with Crippen molar-refractivity contribution in [2.24, 2.45) is 35.3 Å². The number of benzene rings is 6. The van der Waals surface area contributed by atoms with Gasteiger partial charge in [-0.05, 0) is 245 Å². The summed E-state index contributed by atoms with van der Waals surface area (Å²) in [5.41, 5.74) is 4.48. The Morgan fingerprint density at radius 2 is 0.766 bits per heavy atom. The molecule has 0 amide bonds. The maximum Gasteiger partial charge on any atom is 0.494 e. The molecule has 25 nitrogen and oxygen atoms in total. The first-order valence-electron chi connectivity index (χ1n) is 41.1. The van der Waals surface area contributed by atoms with Crippen LogP contribution in [0.25, 0.3) is 0 Å². The van der Waals surface area contributed by atoms with E-state index in [0.29, 0.717) is 145 Å². The lowest BCUT2D eigenvalue weighted by atomic mass is 9.79. The zero-order valence-corrected chi connectivity index (χ0v) is 80.0. The third-order valence-corrected chi connectivity index (χ3v) is 32.6. The number of hydrogen-bond acceptors (Lipinski definition) is 24. The van der Waals surface area contributed by atoms with Crippen molar-refractivity contribution in [1.29, 1.82) is 0 Å². The van der Waals surface area contributed by atoms with Gasteiger partial charge in [0.1, 0.15) is 100 Å². The van der Waals surface area contributed by atoms with Crippen molar-refractivity contribution >= 4 is 111 Å². The van der Waals surface area contributed by atoms with Crippen LogP contribution in [0.1, 0.15) is 126 Å². The van der Waals surface area contributed by atoms with Gasteiger partial charge in [-0.15, -0.1) is 0 Å². The van der Waals surface area contributed by atoms with Gasteiger partial charge in [0.05, 0.1) is 52.6 Å². The van der Waals surface area contributed by atoms with Gasteiger partial charge < -0.3 is 62.6 Å². The predicted octanol–water partition coefficient (Wildman–Crippen LogP) is 15.6. The summed E-state index contributed by atoms with van der Waals surface area (Å²) in [6, 6.07) is 22.2. The molecule has 0 spiro atoms. The van der Waals surface area contributed by atoms with E-state index in [1.807, 2.05) is 27.7 Å². The highest BCUT2D eigenvalue weighted by Crippen LogP contribution is 2.38. The average Bonchev–Trinajstić information content (AvgIpc) is 1.60. The Hall–Kier alpha value is -6.33. The molecule has 6 aromatic carbocycles. The fourth-order valence-electron chi connectivity index (χ4n) is 13.5. The number of aromatic hydroxyl groups is 1. The van der Waals surface area contributed by atoms with Crippen LogP contribution in [0.4, 0.5) is 35.1 Å². The lowest BCUT2D eigenvalue weighted by Crippen LogP contribution is -2.41. The van der Waals surface area contributed by atoms with Crippen molar-refractivity contribution in [2.45, 2.75) is 172 Å². The molecule has 6 aromatic rings. The van der Waals surface area contributed by atoms with Crippen LogP contribution in [0.2, 0.25) is 0 Å². The van der Waals surface area contributed by atoms with Crippen LogP contribution in [-0.2, 0) is 103 Å². The van der Waals surface area contributed by atoms with Crippen LogP contribution in [0.5, 0.6) is 17.2 Å². The molecule has 42 heteroatoms. The van der Waals surface area contributed by atoms with E-state index in [9.17, 15) is 86.2 Å². The molecule has 0 bridgehead atoms. The van der Waals surface area contributed by atoms with E-state index in [1.165, 1.54) is 66.7 Å². The molecule has 0 aromatic heterocycles. The van der Waals surface area contributed by atoms with Gasteiger partial charge in [0.15, 0.2) is 60.3 Å². The Kier molecular flexibility index (Phi) is 42.6. The van der Waals surface area contributed by atoms with E-state index in [4.69, 9.17) is 62.6 Å². The molecule has 6 heterocycles. The number of carbonyl (C=O) groups excluding carboxylic acids is 1. The van der Waals surface area contributed by atoms with Crippen molar-refractivity contribution in [3.05, 3.63) is 177 Å². The molecule has 0 radical (unpaired) electrons.